The highest BCUT2D eigenvalue weighted by molar-refractivity contribution is 9.10. The summed E-state index contributed by atoms with van der Waals surface area (Å²) in [5.74, 6) is 0.194. The number of hydrogen-bond donors (Lipinski definition) is 2. The van der Waals surface area contributed by atoms with Crippen molar-refractivity contribution >= 4 is 39.1 Å². The molecular weight excluding hydrogens is 394 g/mol. The summed E-state index contributed by atoms with van der Waals surface area (Å²) in [6, 6.07) is 14.9. The largest absolute Gasteiger partial charge is 0.371 e. The lowest BCUT2D eigenvalue weighted by Crippen LogP contribution is -2.32. The number of halogens is 1. The van der Waals surface area contributed by atoms with Crippen LogP contribution >= 0.6 is 15.9 Å². The predicted molar refractivity (Wildman–Crippen MR) is 108 cm³/mol. The Labute approximate surface area is 161 Å². The number of anilines is 2. The summed E-state index contributed by atoms with van der Waals surface area (Å²) in [6.45, 7) is 4.34. The van der Waals surface area contributed by atoms with Gasteiger partial charge in [-0.05, 0) is 54.8 Å². The van der Waals surface area contributed by atoms with Crippen molar-refractivity contribution in [3.8, 4) is 0 Å². The normalized spacial score (nSPS) is 16.4. The summed E-state index contributed by atoms with van der Waals surface area (Å²) in [7, 11) is 0. The van der Waals surface area contributed by atoms with Crippen LogP contribution in [0.1, 0.15) is 23.7 Å². The molecule has 136 valence electrons. The Morgan fingerprint density at radius 3 is 2.62 bits per heavy atom. The zero-order valence-corrected chi connectivity index (χ0v) is 16.3. The van der Waals surface area contributed by atoms with Gasteiger partial charge in [0.25, 0.3) is 5.91 Å². The van der Waals surface area contributed by atoms with Gasteiger partial charge in [-0.15, -0.1) is 0 Å². The van der Waals surface area contributed by atoms with Gasteiger partial charge in [0.1, 0.15) is 0 Å². The summed E-state index contributed by atoms with van der Waals surface area (Å²) in [5, 5.41) is 5.43. The van der Waals surface area contributed by atoms with E-state index in [1.165, 1.54) is 12.1 Å². The molecule has 3 rings (SSSR count). The number of amides is 2. The number of carbonyl (C=O) groups excluding carboxylic acids is 2. The van der Waals surface area contributed by atoms with Crippen LogP contribution in [0.4, 0.5) is 11.4 Å². The molecule has 2 aromatic rings. The van der Waals surface area contributed by atoms with Gasteiger partial charge in [0, 0.05) is 34.5 Å². The highest BCUT2D eigenvalue weighted by Gasteiger charge is 2.18. The van der Waals surface area contributed by atoms with E-state index < -0.39 is 0 Å². The molecule has 26 heavy (non-hydrogen) atoms. The van der Waals surface area contributed by atoms with Gasteiger partial charge in [-0.25, -0.2) is 0 Å². The fourth-order valence-electron chi connectivity index (χ4n) is 3.02. The second kappa shape index (κ2) is 8.36. The molecule has 6 heteroatoms. The van der Waals surface area contributed by atoms with Crippen molar-refractivity contribution in [1.82, 2.24) is 5.32 Å². The number of nitrogens with one attached hydrogen (secondary N) is 2. The van der Waals surface area contributed by atoms with Crippen LogP contribution in [0.5, 0.6) is 0 Å². The molecule has 0 aromatic heterocycles. The van der Waals surface area contributed by atoms with Crippen molar-refractivity contribution < 1.29 is 9.59 Å². The van der Waals surface area contributed by atoms with Crippen LogP contribution in [0.3, 0.4) is 0 Å². The topological polar surface area (TPSA) is 61.4 Å². The summed E-state index contributed by atoms with van der Waals surface area (Å²) in [5.41, 5.74) is 2.41. The van der Waals surface area contributed by atoms with E-state index in [2.05, 4.69) is 38.4 Å². The van der Waals surface area contributed by atoms with Crippen LogP contribution in [0.25, 0.3) is 0 Å². The lowest BCUT2D eigenvalue weighted by molar-refractivity contribution is -0.115. The minimum Gasteiger partial charge on any atom is -0.371 e. The Bertz CT molecular complexity index is 792. The van der Waals surface area contributed by atoms with Crippen molar-refractivity contribution in [1.29, 1.82) is 0 Å². The van der Waals surface area contributed by atoms with E-state index in [-0.39, 0.29) is 18.4 Å². The first kappa shape index (κ1) is 18.5. The molecular formula is C20H22BrN3O2. The number of nitrogens with zero attached hydrogens (tertiary/aromatic N) is 1. The SMILES string of the molecule is CC1CCN(c2ccc(NC(=O)CNC(=O)c3cccc(Br)c3)cc2)C1. The molecule has 0 bridgehead atoms. The molecule has 2 N–H and O–H groups in total. The highest BCUT2D eigenvalue weighted by atomic mass is 79.9. The average Bonchev–Trinajstić information content (AvgIpc) is 3.07. The van der Waals surface area contributed by atoms with E-state index in [1.807, 2.05) is 30.3 Å². The van der Waals surface area contributed by atoms with Gasteiger partial charge in [0.2, 0.25) is 5.91 Å². The molecule has 1 aliphatic rings. The van der Waals surface area contributed by atoms with E-state index in [4.69, 9.17) is 0 Å². The first-order valence-corrected chi connectivity index (χ1v) is 9.49. The second-order valence-corrected chi connectivity index (χ2v) is 7.54. The molecule has 0 spiro atoms. The van der Waals surface area contributed by atoms with Crippen molar-refractivity contribution in [2.45, 2.75) is 13.3 Å². The molecule has 0 saturated carbocycles. The van der Waals surface area contributed by atoms with Gasteiger partial charge in [-0.3, -0.25) is 9.59 Å². The van der Waals surface area contributed by atoms with Gasteiger partial charge in [0.15, 0.2) is 0 Å². The maximum atomic E-state index is 12.1. The van der Waals surface area contributed by atoms with Crippen molar-refractivity contribution in [2.24, 2.45) is 5.92 Å². The van der Waals surface area contributed by atoms with Crippen molar-refractivity contribution in [3.05, 3.63) is 58.6 Å². The first-order valence-electron chi connectivity index (χ1n) is 8.70. The summed E-state index contributed by atoms with van der Waals surface area (Å²) < 4.78 is 0.821. The first-order chi connectivity index (χ1) is 12.5. The van der Waals surface area contributed by atoms with E-state index >= 15 is 0 Å². The summed E-state index contributed by atoms with van der Waals surface area (Å²) in [6.07, 6.45) is 1.22. The van der Waals surface area contributed by atoms with Crippen LogP contribution in [0.2, 0.25) is 0 Å². The van der Waals surface area contributed by atoms with Crippen LogP contribution in [0, 0.1) is 5.92 Å². The van der Waals surface area contributed by atoms with Crippen LogP contribution in [-0.2, 0) is 4.79 Å². The number of rotatable bonds is 5. The fraction of sp³-hybridized carbons (Fsp3) is 0.300. The molecule has 1 unspecified atom stereocenters. The molecule has 1 aliphatic heterocycles. The summed E-state index contributed by atoms with van der Waals surface area (Å²) in [4.78, 5) is 26.5. The van der Waals surface area contributed by atoms with Gasteiger partial charge < -0.3 is 15.5 Å². The lowest BCUT2D eigenvalue weighted by atomic mass is 10.2. The van der Waals surface area contributed by atoms with Gasteiger partial charge in [-0.1, -0.05) is 28.9 Å². The van der Waals surface area contributed by atoms with E-state index in [1.54, 1.807) is 18.2 Å². The third-order valence-corrected chi connectivity index (χ3v) is 4.93. The van der Waals surface area contributed by atoms with Gasteiger partial charge >= 0.3 is 0 Å². The number of hydrogen-bond acceptors (Lipinski definition) is 3. The van der Waals surface area contributed by atoms with Crippen molar-refractivity contribution in [2.75, 3.05) is 29.9 Å². The van der Waals surface area contributed by atoms with E-state index in [9.17, 15) is 9.59 Å². The third-order valence-electron chi connectivity index (χ3n) is 4.44. The Morgan fingerprint density at radius 2 is 1.96 bits per heavy atom. The fourth-order valence-corrected chi connectivity index (χ4v) is 3.42. The lowest BCUT2D eigenvalue weighted by Gasteiger charge is -2.18. The maximum Gasteiger partial charge on any atom is 0.251 e. The molecule has 5 nitrogen and oxygen atoms in total. The Morgan fingerprint density at radius 1 is 1.19 bits per heavy atom. The Balaban J connectivity index is 1.49. The Hall–Kier alpha value is -2.34. The molecule has 1 fully saturated rings. The van der Waals surface area contributed by atoms with E-state index in [0.29, 0.717) is 5.56 Å². The molecule has 0 aliphatic carbocycles. The quantitative estimate of drug-likeness (QED) is 0.782. The van der Waals surface area contributed by atoms with Gasteiger partial charge in [-0.2, -0.15) is 0 Å². The zero-order chi connectivity index (χ0) is 18.5. The molecule has 0 radical (unpaired) electrons. The van der Waals surface area contributed by atoms with Crippen LogP contribution < -0.4 is 15.5 Å². The maximum absolute atomic E-state index is 12.1. The average molecular weight is 416 g/mol. The highest BCUT2D eigenvalue weighted by Crippen LogP contribution is 2.24. The number of benzene rings is 2. The molecule has 2 aromatic carbocycles. The second-order valence-electron chi connectivity index (χ2n) is 6.63. The monoisotopic (exact) mass is 415 g/mol. The van der Waals surface area contributed by atoms with Crippen LogP contribution in [-0.4, -0.2) is 31.4 Å². The number of carbonyl (C=O) groups is 2. The standard InChI is InChI=1S/C20H22BrN3O2/c1-14-9-10-24(13-14)18-7-5-17(6-8-18)23-19(25)12-22-20(26)15-3-2-4-16(21)11-15/h2-8,11,14H,9-10,12-13H2,1H3,(H,22,26)(H,23,25). The molecule has 1 saturated heterocycles. The molecule has 2 amide bonds. The van der Waals surface area contributed by atoms with E-state index in [0.717, 1.165) is 29.2 Å². The predicted octanol–water partition coefficient (Wildman–Crippen LogP) is 3.66. The molecule has 1 heterocycles. The minimum atomic E-state index is -0.278. The van der Waals surface area contributed by atoms with Crippen molar-refractivity contribution in [3.63, 3.8) is 0 Å². The van der Waals surface area contributed by atoms with Gasteiger partial charge in [0.05, 0.1) is 6.54 Å². The van der Waals surface area contributed by atoms with Crippen LogP contribution in [0.15, 0.2) is 53.0 Å². The smallest absolute Gasteiger partial charge is 0.251 e. The molecule has 1 atom stereocenters. The summed E-state index contributed by atoms with van der Waals surface area (Å²) >= 11 is 3.33. The zero-order valence-electron chi connectivity index (χ0n) is 14.7. The minimum absolute atomic E-state index is 0.0727. The third kappa shape index (κ3) is 4.85. The Kier molecular flexibility index (Phi) is 5.93.